The molecular formula is C15H17Br2N3O. The summed E-state index contributed by atoms with van der Waals surface area (Å²) in [6, 6.07) is 0. The zero-order valence-corrected chi connectivity index (χ0v) is 14.8. The van der Waals surface area contributed by atoms with Crippen LogP contribution < -0.4 is 5.32 Å². The Kier molecular flexibility index (Phi) is 3.37. The molecule has 4 aliphatic carbocycles. The number of amides is 1. The van der Waals surface area contributed by atoms with E-state index in [2.05, 4.69) is 47.1 Å². The maximum Gasteiger partial charge on any atom is 0.231 e. The molecule has 4 aliphatic rings. The fourth-order valence-electron chi connectivity index (χ4n) is 5.06. The first kappa shape index (κ1) is 14.1. The van der Waals surface area contributed by atoms with E-state index in [1.807, 2.05) is 0 Å². The summed E-state index contributed by atoms with van der Waals surface area (Å²) in [6.45, 7) is 0. The predicted octanol–water partition coefficient (Wildman–Crippen LogP) is 4.16. The SMILES string of the molecule is O=C(Nc1ncc(Br)nc1Br)C12CC3CC(CC(C3)C1)C2. The molecule has 4 fully saturated rings. The topological polar surface area (TPSA) is 54.9 Å². The normalized spacial score (nSPS) is 36.8. The van der Waals surface area contributed by atoms with Gasteiger partial charge in [-0.1, -0.05) is 0 Å². The van der Waals surface area contributed by atoms with E-state index in [1.54, 1.807) is 6.20 Å². The zero-order valence-electron chi connectivity index (χ0n) is 11.6. The van der Waals surface area contributed by atoms with Gasteiger partial charge in [0.1, 0.15) is 9.21 Å². The molecule has 1 N–H and O–H groups in total. The van der Waals surface area contributed by atoms with Crippen LogP contribution in [0.25, 0.3) is 0 Å². The van der Waals surface area contributed by atoms with Crippen molar-refractivity contribution >= 4 is 43.6 Å². The fraction of sp³-hybridized carbons (Fsp3) is 0.667. The number of hydrogen-bond donors (Lipinski definition) is 1. The Balaban J connectivity index is 1.57. The van der Waals surface area contributed by atoms with Crippen molar-refractivity contribution < 1.29 is 4.79 Å². The lowest BCUT2D eigenvalue weighted by Gasteiger charge is -2.55. The molecule has 1 aromatic rings. The van der Waals surface area contributed by atoms with Crippen LogP contribution in [0.5, 0.6) is 0 Å². The molecule has 0 aromatic carbocycles. The standard InChI is InChI=1S/C15H17Br2N3O/c16-11-7-18-13(12(17)19-11)20-14(21)15-4-8-1-9(5-15)3-10(2-8)6-15/h7-10H,1-6H2,(H,18,20,21). The largest absolute Gasteiger partial charge is 0.308 e. The van der Waals surface area contributed by atoms with Crippen molar-refractivity contribution in [3.05, 3.63) is 15.4 Å². The van der Waals surface area contributed by atoms with Gasteiger partial charge in [-0.05, 0) is 88.1 Å². The molecule has 0 radical (unpaired) electrons. The van der Waals surface area contributed by atoms with E-state index in [-0.39, 0.29) is 11.3 Å². The number of nitrogens with zero attached hydrogens (tertiary/aromatic N) is 2. The van der Waals surface area contributed by atoms with Crippen molar-refractivity contribution in [1.29, 1.82) is 0 Å². The fourth-order valence-corrected chi connectivity index (χ4v) is 5.97. The number of nitrogens with one attached hydrogen (secondary N) is 1. The minimum atomic E-state index is -0.150. The molecule has 1 heterocycles. The average molecular weight is 415 g/mol. The minimum Gasteiger partial charge on any atom is -0.308 e. The van der Waals surface area contributed by atoms with Gasteiger partial charge in [-0.15, -0.1) is 0 Å². The number of halogens is 2. The molecule has 0 unspecified atom stereocenters. The van der Waals surface area contributed by atoms with Gasteiger partial charge in [-0.2, -0.15) is 0 Å². The highest BCUT2D eigenvalue weighted by molar-refractivity contribution is 9.11. The minimum absolute atomic E-state index is 0.150. The average Bonchev–Trinajstić information content (AvgIpc) is 2.40. The summed E-state index contributed by atoms with van der Waals surface area (Å²) in [4.78, 5) is 21.4. The van der Waals surface area contributed by atoms with E-state index in [4.69, 9.17) is 0 Å². The van der Waals surface area contributed by atoms with Gasteiger partial charge < -0.3 is 5.32 Å². The Morgan fingerprint density at radius 3 is 2.24 bits per heavy atom. The number of carbonyl (C=O) groups excluding carboxylic acids is 1. The molecular weight excluding hydrogens is 398 g/mol. The number of hydrogen-bond acceptors (Lipinski definition) is 3. The van der Waals surface area contributed by atoms with Crippen LogP contribution in [-0.2, 0) is 4.79 Å². The molecule has 1 aromatic heterocycles. The lowest BCUT2D eigenvalue weighted by atomic mass is 9.49. The van der Waals surface area contributed by atoms with E-state index in [0.29, 0.717) is 15.0 Å². The predicted molar refractivity (Wildman–Crippen MR) is 86.7 cm³/mol. The lowest BCUT2D eigenvalue weighted by Crippen LogP contribution is -2.51. The van der Waals surface area contributed by atoms with Crippen molar-refractivity contribution in [1.82, 2.24) is 9.97 Å². The van der Waals surface area contributed by atoms with Gasteiger partial charge >= 0.3 is 0 Å². The smallest absolute Gasteiger partial charge is 0.231 e. The third kappa shape index (κ3) is 2.44. The monoisotopic (exact) mass is 413 g/mol. The third-order valence-corrected chi connectivity index (χ3v) is 6.39. The highest BCUT2D eigenvalue weighted by Gasteiger charge is 2.54. The maximum absolute atomic E-state index is 12.9. The first-order valence-electron chi connectivity index (χ1n) is 7.53. The number of anilines is 1. The molecule has 5 rings (SSSR count). The molecule has 0 spiro atoms. The van der Waals surface area contributed by atoms with Gasteiger partial charge in [0.05, 0.1) is 11.6 Å². The summed E-state index contributed by atoms with van der Waals surface area (Å²) in [7, 11) is 0. The van der Waals surface area contributed by atoms with E-state index >= 15 is 0 Å². The second-order valence-corrected chi connectivity index (χ2v) is 8.55. The summed E-state index contributed by atoms with van der Waals surface area (Å²) < 4.78 is 1.23. The van der Waals surface area contributed by atoms with Crippen LogP contribution in [0.15, 0.2) is 15.4 Å². The Morgan fingerprint density at radius 2 is 1.71 bits per heavy atom. The van der Waals surface area contributed by atoms with Crippen molar-refractivity contribution in [2.45, 2.75) is 38.5 Å². The molecule has 0 saturated heterocycles. The van der Waals surface area contributed by atoms with Gasteiger partial charge in [0, 0.05) is 0 Å². The highest BCUT2D eigenvalue weighted by Crippen LogP contribution is 2.60. The van der Waals surface area contributed by atoms with Crippen molar-refractivity contribution in [3.63, 3.8) is 0 Å². The zero-order chi connectivity index (χ0) is 14.6. The quantitative estimate of drug-likeness (QED) is 0.790. The molecule has 6 heteroatoms. The highest BCUT2D eigenvalue weighted by atomic mass is 79.9. The summed E-state index contributed by atoms with van der Waals surface area (Å²) in [5.41, 5.74) is -0.150. The molecule has 1 amide bonds. The number of aromatic nitrogens is 2. The molecule has 4 bridgehead atoms. The Morgan fingerprint density at radius 1 is 1.14 bits per heavy atom. The van der Waals surface area contributed by atoms with E-state index < -0.39 is 0 Å². The maximum atomic E-state index is 12.9. The number of rotatable bonds is 2. The van der Waals surface area contributed by atoms with Crippen LogP contribution in [0.2, 0.25) is 0 Å². The summed E-state index contributed by atoms with van der Waals surface area (Å²) in [6.07, 6.45) is 8.82. The first-order valence-corrected chi connectivity index (χ1v) is 9.12. The summed E-state index contributed by atoms with van der Waals surface area (Å²) in [5, 5.41) is 3.01. The number of carbonyl (C=O) groups is 1. The molecule has 0 atom stereocenters. The van der Waals surface area contributed by atoms with Crippen LogP contribution in [0.1, 0.15) is 38.5 Å². The molecule has 112 valence electrons. The van der Waals surface area contributed by atoms with Crippen LogP contribution in [0, 0.1) is 23.2 Å². The van der Waals surface area contributed by atoms with Crippen LogP contribution in [0.4, 0.5) is 5.82 Å². The van der Waals surface area contributed by atoms with E-state index in [0.717, 1.165) is 37.0 Å². The molecule has 0 aliphatic heterocycles. The first-order chi connectivity index (χ1) is 10.0. The van der Waals surface area contributed by atoms with Crippen LogP contribution in [-0.4, -0.2) is 15.9 Å². The summed E-state index contributed by atoms with van der Waals surface area (Å²) >= 11 is 6.64. The Hall–Kier alpha value is -0.490. The second-order valence-electron chi connectivity index (χ2n) is 6.98. The second kappa shape index (κ2) is 5.01. The van der Waals surface area contributed by atoms with Crippen LogP contribution in [0.3, 0.4) is 0 Å². The summed E-state index contributed by atoms with van der Waals surface area (Å²) in [5.74, 6) is 2.97. The third-order valence-electron chi connectivity index (χ3n) is 5.45. The van der Waals surface area contributed by atoms with Crippen molar-refractivity contribution in [2.75, 3.05) is 5.32 Å². The van der Waals surface area contributed by atoms with E-state index in [1.165, 1.54) is 19.3 Å². The van der Waals surface area contributed by atoms with E-state index in [9.17, 15) is 4.79 Å². The van der Waals surface area contributed by atoms with Gasteiger partial charge in [0.15, 0.2) is 5.82 Å². The lowest BCUT2D eigenvalue weighted by molar-refractivity contribution is -0.140. The van der Waals surface area contributed by atoms with Gasteiger partial charge in [-0.25, -0.2) is 9.97 Å². The van der Waals surface area contributed by atoms with Gasteiger partial charge in [0.2, 0.25) is 5.91 Å². The van der Waals surface area contributed by atoms with Gasteiger partial charge in [-0.3, -0.25) is 4.79 Å². The van der Waals surface area contributed by atoms with Gasteiger partial charge in [0.25, 0.3) is 0 Å². The Labute approximate surface area is 140 Å². The molecule has 4 saturated carbocycles. The van der Waals surface area contributed by atoms with Crippen molar-refractivity contribution in [2.24, 2.45) is 23.2 Å². The Bertz CT molecular complexity index is 569. The van der Waals surface area contributed by atoms with Crippen LogP contribution >= 0.6 is 31.9 Å². The molecule has 4 nitrogen and oxygen atoms in total. The molecule has 21 heavy (non-hydrogen) atoms. The van der Waals surface area contributed by atoms with Crippen molar-refractivity contribution in [3.8, 4) is 0 Å².